The average Bonchev–Trinajstić information content (AvgIpc) is 3.82. The summed E-state index contributed by atoms with van der Waals surface area (Å²) in [5.41, 5.74) is 12.1. The summed E-state index contributed by atoms with van der Waals surface area (Å²) in [7, 11) is 8.07. The maximum Gasteiger partial charge on any atom is 2.00 e. The van der Waals surface area contributed by atoms with Crippen molar-refractivity contribution in [1.82, 2.24) is 29.9 Å². The number of hydrogen-bond donors (Lipinski definition) is 0. The molecule has 0 aliphatic heterocycles. The number of hydrogen-bond acceptors (Lipinski definition) is 6. The Bertz CT molecular complexity index is 2660. The number of para-hydroxylation sites is 2. The third-order valence-electron chi connectivity index (χ3n) is 9.38. The van der Waals surface area contributed by atoms with Crippen LogP contribution in [-0.4, -0.2) is 48.1 Å². The Morgan fingerprint density at radius 1 is 0.433 bits per heavy atom. The summed E-state index contributed by atoms with van der Waals surface area (Å²) < 4.78 is 0. The van der Waals surface area contributed by atoms with Gasteiger partial charge in [0.05, 0.1) is 0 Å². The zero-order chi connectivity index (χ0) is 40.4. The second-order valence-electron chi connectivity index (χ2n) is 14.0. The predicted molar refractivity (Wildman–Crippen MR) is 240 cm³/mol. The van der Waals surface area contributed by atoms with Crippen molar-refractivity contribution in [2.75, 3.05) is 38.0 Å². The fourth-order valence-electron chi connectivity index (χ4n) is 6.26. The summed E-state index contributed by atoms with van der Waals surface area (Å²) in [4.78, 5) is 30.4. The van der Waals surface area contributed by atoms with Gasteiger partial charge in [-0.1, -0.05) is 120 Å². The summed E-state index contributed by atoms with van der Waals surface area (Å²) in [6.45, 7) is 3.97. The number of anilines is 2. The first-order valence-electron chi connectivity index (χ1n) is 19.0. The minimum absolute atomic E-state index is 0. The van der Waals surface area contributed by atoms with Gasteiger partial charge in [0, 0.05) is 12.4 Å². The molecule has 10 aromatic rings. The van der Waals surface area contributed by atoms with Crippen LogP contribution in [0.5, 0.6) is 0 Å². The van der Waals surface area contributed by atoms with E-state index in [9.17, 15) is 0 Å². The number of aryl methyl sites for hydroxylation is 2. The van der Waals surface area contributed by atoms with Crippen LogP contribution in [0.25, 0.3) is 66.4 Å². The molecule has 10 heteroatoms. The minimum atomic E-state index is 0. The second kappa shape index (κ2) is 21.4. The molecule has 0 aliphatic rings. The molecule has 0 spiro atoms. The topological polar surface area (TPSA) is 86.2 Å². The first kappa shape index (κ1) is 45.1. The zero-order valence-electron chi connectivity index (χ0n) is 34.2. The quantitative estimate of drug-likeness (QED) is 0.161. The fourth-order valence-corrected chi connectivity index (χ4v) is 6.26. The minimum Gasteiger partial charge on any atom is -0.439 e. The van der Waals surface area contributed by atoms with Crippen molar-refractivity contribution in [3.05, 3.63) is 182 Å². The molecule has 6 heterocycles. The molecular formula is C50H44N8Pt2. The fraction of sp³-hybridized carbons (Fsp3) is 0.120. The summed E-state index contributed by atoms with van der Waals surface area (Å²) in [6.07, 6.45) is 3.59. The number of nitrogens with zero attached hydrogens (tertiary/aromatic N) is 8. The normalized spacial score (nSPS) is 10.2. The van der Waals surface area contributed by atoms with E-state index in [1.165, 1.54) is 10.8 Å². The maximum absolute atomic E-state index is 4.46. The van der Waals surface area contributed by atoms with Crippen molar-refractivity contribution < 1.29 is 42.1 Å². The van der Waals surface area contributed by atoms with Crippen LogP contribution >= 0.6 is 0 Å². The van der Waals surface area contributed by atoms with E-state index >= 15 is 0 Å². The smallest absolute Gasteiger partial charge is 0.439 e. The Hall–Kier alpha value is -5.94. The molecule has 0 saturated carbocycles. The molecule has 304 valence electrons. The van der Waals surface area contributed by atoms with E-state index in [4.69, 9.17) is 0 Å². The SMILES string of the molecule is CN(C)c1c[c-]c(-c2ccccn2)cc1.CN(C)c1c[c-]c(-c2ccccn2)cc1.Cc1ccc2c(n1)[n-]c1ccccc12.Cc1ccc2c(n1)[n-]c1ccccc12.[Pt+2].[Pt+2]. The van der Waals surface area contributed by atoms with E-state index in [0.29, 0.717) is 0 Å². The van der Waals surface area contributed by atoms with Crippen molar-refractivity contribution in [2.24, 2.45) is 0 Å². The molecule has 0 aliphatic carbocycles. The molecule has 0 fully saturated rings. The second-order valence-corrected chi connectivity index (χ2v) is 14.0. The van der Waals surface area contributed by atoms with E-state index in [0.717, 1.165) is 78.4 Å². The number of pyridine rings is 4. The van der Waals surface area contributed by atoms with Gasteiger partial charge < -0.3 is 39.7 Å². The molecule has 60 heavy (non-hydrogen) atoms. The Kier molecular flexibility index (Phi) is 16.1. The maximum atomic E-state index is 4.46. The van der Waals surface area contributed by atoms with Gasteiger partial charge in [-0.15, -0.1) is 59.7 Å². The molecule has 0 radical (unpaired) electrons. The molecule has 4 aromatic carbocycles. The molecular weight excluding hydrogens is 1100 g/mol. The van der Waals surface area contributed by atoms with Gasteiger partial charge >= 0.3 is 42.1 Å². The number of benzene rings is 4. The Morgan fingerprint density at radius 2 is 0.833 bits per heavy atom. The van der Waals surface area contributed by atoms with Crippen LogP contribution in [0, 0.1) is 26.0 Å². The molecule has 6 aromatic heterocycles. The number of fused-ring (bicyclic) bond motifs is 6. The average molecular weight is 1150 g/mol. The van der Waals surface area contributed by atoms with E-state index in [-0.39, 0.29) is 42.1 Å². The summed E-state index contributed by atoms with van der Waals surface area (Å²) in [5.74, 6) is 0. The van der Waals surface area contributed by atoms with Gasteiger partial charge in [0.25, 0.3) is 0 Å². The van der Waals surface area contributed by atoms with Crippen molar-refractivity contribution in [2.45, 2.75) is 13.8 Å². The first-order chi connectivity index (χ1) is 28.2. The van der Waals surface area contributed by atoms with Crippen molar-refractivity contribution in [1.29, 1.82) is 0 Å². The van der Waals surface area contributed by atoms with Crippen LogP contribution in [0.2, 0.25) is 0 Å². The van der Waals surface area contributed by atoms with Crippen LogP contribution in [-0.2, 0) is 42.1 Å². The van der Waals surface area contributed by atoms with E-state index in [1.807, 2.05) is 151 Å². The Morgan fingerprint density at radius 3 is 1.18 bits per heavy atom. The van der Waals surface area contributed by atoms with Gasteiger partial charge in [-0.05, 0) is 110 Å². The molecule has 0 bridgehead atoms. The molecule has 0 N–H and O–H groups in total. The van der Waals surface area contributed by atoms with Gasteiger partial charge in [0.1, 0.15) is 0 Å². The third-order valence-corrected chi connectivity index (χ3v) is 9.38. The summed E-state index contributed by atoms with van der Waals surface area (Å²) in [6, 6.07) is 54.9. The van der Waals surface area contributed by atoms with Crippen LogP contribution in [0.3, 0.4) is 0 Å². The van der Waals surface area contributed by atoms with E-state index < -0.39 is 0 Å². The van der Waals surface area contributed by atoms with Crippen molar-refractivity contribution in [3.8, 4) is 22.5 Å². The van der Waals surface area contributed by atoms with E-state index in [2.05, 4.69) is 88.2 Å². The number of rotatable bonds is 4. The largest absolute Gasteiger partial charge is 2.00 e. The monoisotopic (exact) mass is 1150 g/mol. The van der Waals surface area contributed by atoms with Gasteiger partial charge in [-0.25, -0.2) is 0 Å². The molecule has 10 rings (SSSR count). The molecule has 0 atom stereocenters. The van der Waals surface area contributed by atoms with Crippen molar-refractivity contribution >= 4 is 55.2 Å². The third kappa shape index (κ3) is 11.2. The predicted octanol–water partition coefficient (Wildman–Crippen LogP) is 10.5. The molecule has 0 amide bonds. The Balaban J connectivity index is 0.000000150. The Labute approximate surface area is 380 Å². The van der Waals surface area contributed by atoms with Crippen LogP contribution in [0.1, 0.15) is 11.4 Å². The molecule has 8 nitrogen and oxygen atoms in total. The van der Waals surface area contributed by atoms with Gasteiger partial charge in [0.2, 0.25) is 0 Å². The van der Waals surface area contributed by atoms with Crippen LogP contribution in [0.4, 0.5) is 11.4 Å². The van der Waals surface area contributed by atoms with Gasteiger partial charge in [-0.3, -0.25) is 0 Å². The van der Waals surface area contributed by atoms with Crippen LogP contribution < -0.4 is 19.8 Å². The first-order valence-corrected chi connectivity index (χ1v) is 19.0. The molecule has 0 unspecified atom stereocenters. The standard InChI is InChI=1S/2C13H13N2.2C12H9N2.2Pt/c2*1-15(2)12-8-6-11(7-9-12)13-5-3-4-10-14-13;2*1-8-6-7-10-9-4-2-3-5-11(9)14-12(10)13-8;;/h2*3-6,8-10H,1-2H3;2*2-7H,1H3;;/q4*-1;2*+2. The summed E-state index contributed by atoms with van der Waals surface area (Å²) in [5, 5.41) is 4.67. The van der Waals surface area contributed by atoms with Gasteiger partial charge in [-0.2, -0.15) is 0 Å². The zero-order valence-corrected chi connectivity index (χ0v) is 38.8. The van der Waals surface area contributed by atoms with E-state index in [1.54, 1.807) is 12.4 Å². The van der Waals surface area contributed by atoms with Crippen LogP contribution in [0.15, 0.2) is 158 Å². The number of aromatic nitrogens is 6. The van der Waals surface area contributed by atoms with Crippen molar-refractivity contribution in [3.63, 3.8) is 0 Å². The molecule has 0 saturated heterocycles. The van der Waals surface area contributed by atoms with Gasteiger partial charge in [0.15, 0.2) is 0 Å². The summed E-state index contributed by atoms with van der Waals surface area (Å²) >= 11 is 0.